The molecule has 31 heavy (non-hydrogen) atoms. The molecule has 9 nitrogen and oxygen atoms in total. The van der Waals surface area contributed by atoms with Gasteiger partial charge in [-0.2, -0.15) is 0 Å². The first-order valence-electron chi connectivity index (χ1n) is 9.21. The zero-order valence-corrected chi connectivity index (χ0v) is 16.8. The molecule has 0 spiro atoms. The molecular weight excluding hydrogens is 428 g/mol. The van der Waals surface area contributed by atoms with Crippen LogP contribution in [0.15, 0.2) is 54.1 Å². The number of rotatable bonds is 7. The second kappa shape index (κ2) is 8.97. The molecule has 3 rings (SSSR count). The minimum atomic E-state index is -1.04. The van der Waals surface area contributed by atoms with Crippen LogP contribution in [0.4, 0.5) is 5.69 Å². The molecule has 1 aliphatic heterocycles. The fraction of sp³-hybridized carbons (Fsp3) is 0.190. The fourth-order valence-electron chi connectivity index (χ4n) is 3.40. The number of hydrogen-bond acceptors (Lipinski definition) is 6. The molecule has 1 unspecified atom stereocenters. The molecule has 0 aromatic heterocycles. The average Bonchev–Trinajstić information content (AvgIpc) is 2.98. The Kier molecular flexibility index (Phi) is 6.36. The van der Waals surface area contributed by atoms with Gasteiger partial charge in [0.15, 0.2) is 0 Å². The third-order valence-corrected chi connectivity index (χ3v) is 5.12. The Morgan fingerprint density at radius 3 is 2.23 bits per heavy atom. The number of amides is 1. The largest absolute Gasteiger partial charge is 0.507 e. The second-order valence-electron chi connectivity index (χ2n) is 6.85. The summed E-state index contributed by atoms with van der Waals surface area (Å²) >= 11 is 5.94. The number of aliphatic hydroxyl groups excluding tert-OH is 1. The highest BCUT2D eigenvalue weighted by Gasteiger charge is 2.45. The quantitative estimate of drug-likeness (QED) is 0.219. The molecule has 0 bridgehead atoms. The van der Waals surface area contributed by atoms with Gasteiger partial charge in [-0.25, -0.2) is 0 Å². The lowest BCUT2D eigenvalue weighted by molar-refractivity contribution is -0.384. The minimum Gasteiger partial charge on any atom is -0.507 e. The fourth-order valence-corrected chi connectivity index (χ4v) is 3.53. The monoisotopic (exact) mass is 444 g/mol. The van der Waals surface area contributed by atoms with Gasteiger partial charge in [0, 0.05) is 35.7 Å². The first-order chi connectivity index (χ1) is 14.7. The maximum Gasteiger partial charge on any atom is 0.303 e. The van der Waals surface area contributed by atoms with Crippen molar-refractivity contribution in [1.29, 1.82) is 0 Å². The number of carboxylic acid groups (broad SMARTS) is 1. The maximum absolute atomic E-state index is 12.8. The van der Waals surface area contributed by atoms with Crippen molar-refractivity contribution in [3.8, 4) is 0 Å². The minimum absolute atomic E-state index is 0.0127. The first-order valence-corrected chi connectivity index (χ1v) is 9.59. The lowest BCUT2D eigenvalue weighted by Gasteiger charge is -2.25. The van der Waals surface area contributed by atoms with E-state index in [0.717, 1.165) is 0 Å². The lowest BCUT2D eigenvalue weighted by atomic mass is 9.95. The molecule has 1 amide bonds. The molecule has 1 atom stereocenters. The number of likely N-dealkylation sites (tertiary alicyclic amines) is 1. The molecule has 1 heterocycles. The van der Waals surface area contributed by atoms with Gasteiger partial charge in [0.05, 0.1) is 16.5 Å². The Balaban J connectivity index is 2.08. The second-order valence-corrected chi connectivity index (χ2v) is 7.28. The van der Waals surface area contributed by atoms with Gasteiger partial charge in [-0.3, -0.25) is 24.5 Å². The van der Waals surface area contributed by atoms with E-state index in [1.54, 1.807) is 24.3 Å². The SMILES string of the molecule is O=C(O)CCCN1C(=O)C(=O)/C(=C(\O)c2ccc([N+](=O)[O-])cc2)C1c1ccc(Cl)cc1. The van der Waals surface area contributed by atoms with Crippen molar-refractivity contribution < 1.29 is 29.5 Å². The van der Waals surface area contributed by atoms with Crippen LogP contribution in [0.3, 0.4) is 0 Å². The van der Waals surface area contributed by atoms with Gasteiger partial charge in [0.2, 0.25) is 0 Å². The molecule has 2 aromatic rings. The summed E-state index contributed by atoms with van der Waals surface area (Å²) in [5, 5.41) is 31.0. The normalized spacial score (nSPS) is 17.7. The van der Waals surface area contributed by atoms with Crippen molar-refractivity contribution in [3.05, 3.63) is 80.4 Å². The third-order valence-electron chi connectivity index (χ3n) is 4.87. The summed E-state index contributed by atoms with van der Waals surface area (Å²) in [7, 11) is 0. The van der Waals surface area contributed by atoms with Gasteiger partial charge >= 0.3 is 5.97 Å². The number of carbonyl (C=O) groups excluding carboxylic acids is 2. The lowest BCUT2D eigenvalue weighted by Crippen LogP contribution is -2.31. The van der Waals surface area contributed by atoms with E-state index in [-0.39, 0.29) is 36.2 Å². The standard InChI is InChI=1S/C21H17ClN2O7/c22-14-7-3-12(4-8-14)18-17(19(27)13-5-9-15(10-6-13)24(30)31)20(28)21(29)23(18)11-1-2-16(25)26/h3-10,18,27H,1-2,11H2,(H,25,26)/b19-17-. The van der Waals surface area contributed by atoms with E-state index in [2.05, 4.69) is 0 Å². The molecule has 10 heteroatoms. The predicted molar refractivity (Wildman–Crippen MR) is 110 cm³/mol. The zero-order valence-electron chi connectivity index (χ0n) is 16.0. The van der Waals surface area contributed by atoms with Crippen LogP contribution in [-0.2, 0) is 14.4 Å². The number of carbonyl (C=O) groups is 3. The number of non-ortho nitro benzene ring substituents is 1. The van der Waals surface area contributed by atoms with E-state index in [4.69, 9.17) is 16.7 Å². The summed E-state index contributed by atoms with van der Waals surface area (Å²) in [6, 6.07) is 10.3. The van der Waals surface area contributed by atoms with E-state index in [0.29, 0.717) is 10.6 Å². The van der Waals surface area contributed by atoms with Crippen LogP contribution in [0.25, 0.3) is 5.76 Å². The Labute approximate surface area is 181 Å². The number of nitrogens with zero attached hydrogens (tertiary/aromatic N) is 2. The van der Waals surface area contributed by atoms with E-state index in [1.165, 1.54) is 29.2 Å². The molecule has 1 saturated heterocycles. The number of nitro groups is 1. The van der Waals surface area contributed by atoms with Crippen LogP contribution >= 0.6 is 11.6 Å². The molecule has 1 fully saturated rings. The van der Waals surface area contributed by atoms with Crippen LogP contribution in [-0.4, -0.2) is 44.2 Å². The van der Waals surface area contributed by atoms with E-state index in [1.807, 2.05) is 0 Å². The molecule has 1 aliphatic rings. The highest BCUT2D eigenvalue weighted by molar-refractivity contribution is 6.46. The van der Waals surface area contributed by atoms with Crippen molar-refractivity contribution in [3.63, 3.8) is 0 Å². The van der Waals surface area contributed by atoms with Gasteiger partial charge in [0.25, 0.3) is 17.4 Å². The van der Waals surface area contributed by atoms with Crippen molar-refractivity contribution in [2.24, 2.45) is 0 Å². The third kappa shape index (κ3) is 4.56. The Morgan fingerprint density at radius 2 is 1.68 bits per heavy atom. The van der Waals surface area contributed by atoms with Gasteiger partial charge in [-0.1, -0.05) is 23.7 Å². The summed E-state index contributed by atoms with van der Waals surface area (Å²) in [4.78, 5) is 47.8. The topological polar surface area (TPSA) is 138 Å². The molecule has 0 saturated carbocycles. The smallest absolute Gasteiger partial charge is 0.303 e. The Bertz CT molecular complexity index is 1080. The maximum atomic E-state index is 12.8. The van der Waals surface area contributed by atoms with Crippen LogP contribution in [0.1, 0.15) is 30.0 Å². The van der Waals surface area contributed by atoms with E-state index < -0.39 is 34.4 Å². The van der Waals surface area contributed by atoms with Crippen LogP contribution < -0.4 is 0 Å². The van der Waals surface area contributed by atoms with Gasteiger partial charge in [-0.15, -0.1) is 0 Å². The molecule has 0 aliphatic carbocycles. The molecule has 0 radical (unpaired) electrons. The van der Waals surface area contributed by atoms with Gasteiger partial charge in [0.1, 0.15) is 5.76 Å². The van der Waals surface area contributed by atoms with Crippen LogP contribution in [0, 0.1) is 10.1 Å². The highest BCUT2D eigenvalue weighted by atomic mass is 35.5. The van der Waals surface area contributed by atoms with Crippen molar-refractivity contribution in [2.75, 3.05) is 6.54 Å². The number of ketones is 1. The van der Waals surface area contributed by atoms with E-state index in [9.17, 15) is 29.6 Å². The van der Waals surface area contributed by atoms with Gasteiger partial charge in [-0.05, 0) is 36.2 Å². The summed E-state index contributed by atoms with van der Waals surface area (Å²) in [5.74, 6) is -3.31. The summed E-state index contributed by atoms with van der Waals surface area (Å²) < 4.78 is 0. The summed E-state index contributed by atoms with van der Waals surface area (Å²) in [6.07, 6.45) is -0.0806. The number of aliphatic carboxylic acids is 1. The molecule has 2 N–H and O–H groups in total. The summed E-state index contributed by atoms with van der Waals surface area (Å²) in [5.41, 5.74) is 0.256. The number of Topliss-reactive ketones (excluding diaryl/α,β-unsaturated/α-hetero) is 1. The number of benzene rings is 2. The number of halogens is 1. The van der Waals surface area contributed by atoms with Crippen molar-refractivity contribution >= 4 is 40.7 Å². The number of hydrogen-bond donors (Lipinski definition) is 2. The number of nitro benzene ring substituents is 1. The van der Waals surface area contributed by atoms with Crippen LogP contribution in [0.5, 0.6) is 0 Å². The van der Waals surface area contributed by atoms with Crippen LogP contribution in [0.2, 0.25) is 5.02 Å². The molecule has 160 valence electrons. The number of aliphatic hydroxyl groups is 1. The van der Waals surface area contributed by atoms with Crippen molar-refractivity contribution in [1.82, 2.24) is 4.90 Å². The highest BCUT2D eigenvalue weighted by Crippen LogP contribution is 2.40. The average molecular weight is 445 g/mol. The zero-order chi connectivity index (χ0) is 22.7. The summed E-state index contributed by atoms with van der Waals surface area (Å²) in [6.45, 7) is -0.0127. The predicted octanol–water partition coefficient (Wildman–Crippen LogP) is 3.53. The Hall–Kier alpha value is -3.72. The van der Waals surface area contributed by atoms with E-state index >= 15 is 0 Å². The number of carboxylic acids is 1. The molecular formula is C21H17ClN2O7. The van der Waals surface area contributed by atoms with Gasteiger partial charge < -0.3 is 15.1 Å². The first kappa shape index (κ1) is 22.0. The molecule has 2 aromatic carbocycles. The van der Waals surface area contributed by atoms with Crippen molar-refractivity contribution in [2.45, 2.75) is 18.9 Å². The Morgan fingerprint density at radius 1 is 1.06 bits per heavy atom.